The van der Waals surface area contributed by atoms with Crippen molar-refractivity contribution in [2.24, 2.45) is 4.99 Å². The van der Waals surface area contributed by atoms with Crippen LogP contribution in [0.4, 0.5) is 11.4 Å². The maximum atomic E-state index is 14.0. The van der Waals surface area contributed by atoms with Crippen LogP contribution in [-0.2, 0) is 9.53 Å². The Labute approximate surface area is 257 Å². The van der Waals surface area contributed by atoms with E-state index in [4.69, 9.17) is 9.47 Å². The van der Waals surface area contributed by atoms with Crippen LogP contribution in [0.3, 0.4) is 0 Å². The molecule has 0 fully saturated rings. The molecule has 4 aromatic rings. The van der Waals surface area contributed by atoms with Crippen LogP contribution in [-0.4, -0.2) is 33.2 Å². The normalized spacial score (nSPS) is 14.5. The number of nitro benzene ring substituents is 2. The number of allylic oxidation sites excluding steroid dienone is 1. The molecule has 12 nitrogen and oxygen atoms in total. The predicted molar refractivity (Wildman–Crippen MR) is 165 cm³/mol. The lowest BCUT2D eigenvalue weighted by molar-refractivity contribution is -0.394. The maximum Gasteiger partial charge on any atom is 0.338 e. The topological polar surface area (TPSA) is 156 Å². The summed E-state index contributed by atoms with van der Waals surface area (Å²) in [6, 6.07) is 16.5. The number of nitro groups is 2. The highest BCUT2D eigenvalue weighted by Crippen LogP contribution is 2.36. The third-order valence-electron chi connectivity index (χ3n) is 6.72. The second-order valence-corrected chi connectivity index (χ2v) is 11.3. The van der Waals surface area contributed by atoms with Crippen LogP contribution in [0.1, 0.15) is 31.0 Å². The van der Waals surface area contributed by atoms with Crippen molar-refractivity contribution in [1.29, 1.82) is 0 Å². The number of fused-ring (bicyclic) bond motifs is 1. The Morgan fingerprint density at radius 3 is 2.45 bits per heavy atom. The highest BCUT2D eigenvalue weighted by molar-refractivity contribution is 7.98. The van der Waals surface area contributed by atoms with Crippen molar-refractivity contribution in [1.82, 2.24) is 4.57 Å². The van der Waals surface area contributed by atoms with E-state index < -0.39 is 38.8 Å². The summed E-state index contributed by atoms with van der Waals surface area (Å²) < 4.78 is 12.9. The van der Waals surface area contributed by atoms with Crippen LogP contribution in [0.2, 0.25) is 0 Å². The number of carbonyl (C=O) groups is 1. The highest BCUT2D eigenvalue weighted by atomic mass is 32.2. The van der Waals surface area contributed by atoms with E-state index in [1.165, 1.54) is 4.57 Å². The molecule has 3 aromatic carbocycles. The molecule has 0 bridgehead atoms. The number of hydrogen-bond acceptors (Lipinski definition) is 11. The van der Waals surface area contributed by atoms with Gasteiger partial charge in [0, 0.05) is 16.5 Å². The van der Waals surface area contributed by atoms with Crippen molar-refractivity contribution >= 4 is 46.5 Å². The van der Waals surface area contributed by atoms with E-state index in [0.717, 1.165) is 34.4 Å². The molecule has 1 aliphatic rings. The Balaban J connectivity index is 1.63. The smallest absolute Gasteiger partial charge is 0.338 e. The summed E-state index contributed by atoms with van der Waals surface area (Å²) >= 11 is 2.69. The second kappa shape index (κ2) is 12.7. The fraction of sp³-hybridized carbons (Fsp3) is 0.167. The molecule has 0 saturated carbocycles. The summed E-state index contributed by atoms with van der Waals surface area (Å²) in [6.45, 7) is 3.56. The summed E-state index contributed by atoms with van der Waals surface area (Å²) in [4.78, 5) is 54.4. The number of hydrogen-bond donors (Lipinski definition) is 0. The van der Waals surface area contributed by atoms with Gasteiger partial charge in [-0.1, -0.05) is 41.7 Å². The van der Waals surface area contributed by atoms with Crippen LogP contribution in [0.5, 0.6) is 11.5 Å². The number of thiazole rings is 1. The molecule has 1 atom stereocenters. The van der Waals surface area contributed by atoms with E-state index in [1.54, 1.807) is 56.0 Å². The first kappa shape index (κ1) is 30.4. The van der Waals surface area contributed by atoms with E-state index in [0.29, 0.717) is 21.6 Å². The monoisotopic (exact) mass is 632 g/mol. The van der Waals surface area contributed by atoms with E-state index >= 15 is 0 Å². The summed E-state index contributed by atoms with van der Waals surface area (Å²) in [7, 11) is 0. The van der Waals surface area contributed by atoms with Gasteiger partial charge in [0.25, 0.3) is 11.2 Å². The quantitative estimate of drug-likeness (QED) is 0.106. The maximum absolute atomic E-state index is 14.0. The van der Waals surface area contributed by atoms with Crippen molar-refractivity contribution in [2.45, 2.75) is 24.8 Å². The van der Waals surface area contributed by atoms with Gasteiger partial charge in [-0.2, -0.15) is 0 Å². The van der Waals surface area contributed by atoms with Gasteiger partial charge < -0.3 is 9.47 Å². The predicted octanol–water partition coefficient (Wildman–Crippen LogP) is 5.13. The number of aromatic nitrogens is 1. The molecule has 0 amide bonds. The molecule has 0 N–H and O–H groups in total. The molecule has 44 heavy (non-hydrogen) atoms. The number of ether oxygens (including phenoxy) is 2. The number of nitrogens with zero attached hydrogens (tertiary/aromatic N) is 4. The molecule has 1 aliphatic heterocycles. The fourth-order valence-electron chi connectivity index (χ4n) is 4.69. The zero-order valence-corrected chi connectivity index (χ0v) is 25.2. The van der Waals surface area contributed by atoms with Crippen LogP contribution in [0, 0.1) is 20.2 Å². The Hall–Kier alpha value is -5.08. The van der Waals surface area contributed by atoms with Gasteiger partial charge in [0.2, 0.25) is 5.75 Å². The Bertz CT molecular complexity index is 2020. The van der Waals surface area contributed by atoms with Crippen molar-refractivity contribution in [2.75, 3.05) is 12.9 Å². The van der Waals surface area contributed by atoms with Gasteiger partial charge in [0.05, 0.1) is 44.4 Å². The summed E-state index contributed by atoms with van der Waals surface area (Å²) in [5, 5.41) is 22.8. The largest absolute Gasteiger partial charge is 0.463 e. The molecule has 1 aromatic heterocycles. The zero-order valence-electron chi connectivity index (χ0n) is 23.6. The molecule has 0 aliphatic carbocycles. The van der Waals surface area contributed by atoms with Crippen molar-refractivity contribution in [3.8, 4) is 11.5 Å². The minimum atomic E-state index is -0.780. The van der Waals surface area contributed by atoms with Crippen LogP contribution < -0.4 is 19.6 Å². The number of non-ortho nitro benzene ring substituents is 1. The van der Waals surface area contributed by atoms with Gasteiger partial charge in [-0.25, -0.2) is 9.79 Å². The zero-order chi connectivity index (χ0) is 31.5. The summed E-state index contributed by atoms with van der Waals surface area (Å²) in [5.41, 5.74) is 0.394. The Morgan fingerprint density at radius 2 is 1.80 bits per heavy atom. The molecule has 0 unspecified atom stereocenters. The third-order valence-corrected chi connectivity index (χ3v) is 8.45. The number of carbonyl (C=O) groups excluding carboxylic acids is 1. The van der Waals surface area contributed by atoms with Crippen molar-refractivity contribution < 1.29 is 24.1 Å². The van der Waals surface area contributed by atoms with Gasteiger partial charge >= 0.3 is 11.7 Å². The minimum Gasteiger partial charge on any atom is -0.463 e. The second-order valence-electron chi connectivity index (χ2n) is 9.38. The van der Waals surface area contributed by atoms with E-state index in [2.05, 4.69) is 4.99 Å². The number of thioether (sulfide) groups is 1. The first-order chi connectivity index (χ1) is 21.1. The van der Waals surface area contributed by atoms with Crippen LogP contribution in [0.15, 0.2) is 92.7 Å². The third kappa shape index (κ3) is 5.89. The first-order valence-corrected chi connectivity index (χ1v) is 15.2. The molecule has 14 heteroatoms. The molecular weight excluding hydrogens is 608 g/mol. The number of esters is 1. The summed E-state index contributed by atoms with van der Waals surface area (Å²) in [6.07, 6.45) is 3.53. The Morgan fingerprint density at radius 1 is 1.07 bits per heavy atom. The van der Waals surface area contributed by atoms with Gasteiger partial charge in [0.15, 0.2) is 4.80 Å². The number of benzene rings is 3. The molecule has 0 spiro atoms. The average molecular weight is 633 g/mol. The summed E-state index contributed by atoms with van der Waals surface area (Å²) in [5.74, 6) is -0.584. The van der Waals surface area contributed by atoms with Crippen molar-refractivity contribution in [3.05, 3.63) is 129 Å². The van der Waals surface area contributed by atoms with Crippen LogP contribution in [0.25, 0.3) is 6.08 Å². The lowest BCUT2D eigenvalue weighted by Crippen LogP contribution is -2.39. The average Bonchev–Trinajstić information content (AvgIpc) is 3.31. The highest BCUT2D eigenvalue weighted by Gasteiger charge is 2.33. The molecule has 0 saturated heterocycles. The van der Waals surface area contributed by atoms with Gasteiger partial charge in [-0.3, -0.25) is 29.6 Å². The van der Waals surface area contributed by atoms with Crippen molar-refractivity contribution in [3.63, 3.8) is 0 Å². The lowest BCUT2D eigenvalue weighted by Gasteiger charge is -2.24. The number of para-hydroxylation sites is 1. The Kier molecular flexibility index (Phi) is 8.73. The van der Waals surface area contributed by atoms with Gasteiger partial charge in [-0.05, 0) is 56.0 Å². The SMILES string of the molecule is CCOC(=O)C1=C(C)N=c2s/c(=C\c3ccccc3Oc3ccc([N+](=O)[O-])cc3[N+](=O)[O-])c(=O)n2[C@@H]1c1ccc(SC)cc1. The fourth-order valence-corrected chi connectivity index (χ4v) is 6.14. The van der Waals surface area contributed by atoms with Gasteiger partial charge in [-0.15, -0.1) is 11.8 Å². The lowest BCUT2D eigenvalue weighted by atomic mass is 9.96. The van der Waals surface area contributed by atoms with Gasteiger partial charge in [0.1, 0.15) is 5.75 Å². The standard InChI is InChI=1S/C30H24N4O8S2/c1-4-41-29(36)26-17(2)31-30-32(27(26)18-9-12-21(43-3)13-10-18)28(35)25(44-30)15-19-7-5-6-8-23(19)42-24-14-11-20(33(37)38)16-22(24)34(39)40/h5-16,27H,4H2,1-3H3/b25-15-/t27-/m1/s1. The van der Waals surface area contributed by atoms with E-state index in [1.807, 2.05) is 30.5 Å². The van der Waals surface area contributed by atoms with Crippen LogP contribution >= 0.6 is 23.1 Å². The van der Waals surface area contributed by atoms with E-state index in [-0.39, 0.29) is 28.2 Å². The molecule has 5 rings (SSSR count). The molecule has 0 radical (unpaired) electrons. The minimum absolute atomic E-state index is 0.155. The number of rotatable bonds is 9. The molecular formula is C30H24N4O8S2. The molecule has 2 heterocycles. The molecule has 224 valence electrons. The van der Waals surface area contributed by atoms with E-state index in [9.17, 15) is 29.8 Å². The first-order valence-electron chi connectivity index (χ1n) is 13.2.